The number of carbonyl (C=O) groups excluding carboxylic acids is 2. The molecule has 0 spiro atoms. The van der Waals surface area contributed by atoms with Crippen LogP contribution in [0.4, 0.5) is 10.5 Å². The number of methoxy groups -OCH3 is 1. The number of benzene rings is 3. The predicted molar refractivity (Wildman–Crippen MR) is 123 cm³/mol. The number of aromatic nitrogens is 2. The standard InChI is InChI=1S/C24H19ClN4O4/c1-32-23(30)18-9-5-6-10-19(18)26-24(31)27-20(15-11-13-17(25)14-12-15)22-29-28-21(33-22)16-7-3-2-4-8-16/h2-14,20H,1H3,(H2,26,27,31)/t20-/m0/s1. The molecule has 166 valence electrons. The third-order valence-corrected chi connectivity index (χ3v) is 5.02. The summed E-state index contributed by atoms with van der Waals surface area (Å²) in [6, 6.07) is 21.4. The molecule has 2 N–H and O–H groups in total. The average molecular weight is 463 g/mol. The van der Waals surface area contributed by atoms with E-state index in [1.165, 1.54) is 7.11 Å². The number of nitrogens with zero attached hydrogens (tertiary/aromatic N) is 2. The Hall–Kier alpha value is -4.17. The van der Waals surface area contributed by atoms with Crippen molar-refractivity contribution < 1.29 is 18.7 Å². The number of rotatable bonds is 6. The third-order valence-electron chi connectivity index (χ3n) is 4.77. The quantitative estimate of drug-likeness (QED) is 0.387. The van der Waals surface area contributed by atoms with Crippen LogP contribution in [-0.2, 0) is 4.74 Å². The molecule has 1 heterocycles. The fourth-order valence-electron chi connectivity index (χ4n) is 3.16. The fourth-order valence-corrected chi connectivity index (χ4v) is 3.29. The maximum Gasteiger partial charge on any atom is 0.339 e. The molecule has 0 saturated heterocycles. The molecule has 0 fully saturated rings. The van der Waals surface area contributed by atoms with E-state index in [1.54, 1.807) is 48.5 Å². The highest BCUT2D eigenvalue weighted by Gasteiger charge is 2.24. The highest BCUT2D eigenvalue weighted by molar-refractivity contribution is 6.30. The first-order valence-corrected chi connectivity index (χ1v) is 10.3. The van der Waals surface area contributed by atoms with Gasteiger partial charge in [0.05, 0.1) is 18.4 Å². The molecule has 3 aromatic carbocycles. The number of urea groups is 1. The summed E-state index contributed by atoms with van der Waals surface area (Å²) in [7, 11) is 1.27. The van der Waals surface area contributed by atoms with E-state index in [9.17, 15) is 9.59 Å². The lowest BCUT2D eigenvalue weighted by atomic mass is 10.1. The van der Waals surface area contributed by atoms with Gasteiger partial charge in [-0.2, -0.15) is 0 Å². The van der Waals surface area contributed by atoms with Crippen LogP contribution in [-0.4, -0.2) is 29.3 Å². The Labute approximate surface area is 194 Å². The minimum atomic E-state index is -0.766. The molecule has 8 nitrogen and oxygen atoms in total. The van der Waals surface area contributed by atoms with E-state index < -0.39 is 18.0 Å². The fraction of sp³-hybridized carbons (Fsp3) is 0.0833. The molecule has 0 saturated carbocycles. The zero-order chi connectivity index (χ0) is 23.2. The van der Waals surface area contributed by atoms with Gasteiger partial charge in [0.15, 0.2) is 0 Å². The summed E-state index contributed by atoms with van der Waals surface area (Å²) in [4.78, 5) is 24.9. The van der Waals surface area contributed by atoms with Gasteiger partial charge in [-0.3, -0.25) is 0 Å². The summed E-state index contributed by atoms with van der Waals surface area (Å²) in [5.41, 5.74) is 1.95. The Morgan fingerprint density at radius 3 is 2.36 bits per heavy atom. The Morgan fingerprint density at radius 1 is 0.939 bits per heavy atom. The summed E-state index contributed by atoms with van der Waals surface area (Å²) in [5, 5.41) is 14.3. The van der Waals surface area contributed by atoms with Gasteiger partial charge in [0.2, 0.25) is 11.8 Å². The molecule has 0 aliphatic rings. The monoisotopic (exact) mass is 462 g/mol. The number of carbonyl (C=O) groups is 2. The van der Waals surface area contributed by atoms with E-state index in [0.29, 0.717) is 22.2 Å². The van der Waals surface area contributed by atoms with E-state index in [0.717, 1.165) is 5.56 Å². The summed E-state index contributed by atoms with van der Waals surface area (Å²) < 4.78 is 10.7. The second kappa shape index (κ2) is 9.97. The number of amides is 2. The second-order valence-electron chi connectivity index (χ2n) is 6.93. The van der Waals surface area contributed by atoms with Crippen LogP contribution in [0.15, 0.2) is 83.3 Å². The Balaban J connectivity index is 1.62. The smallest absolute Gasteiger partial charge is 0.339 e. The first-order chi connectivity index (χ1) is 16.0. The summed E-state index contributed by atoms with van der Waals surface area (Å²) in [5.74, 6) is -0.0556. The number of nitrogens with one attached hydrogen (secondary N) is 2. The van der Waals surface area contributed by atoms with Crippen molar-refractivity contribution >= 4 is 29.3 Å². The van der Waals surface area contributed by atoms with Crippen LogP contribution < -0.4 is 10.6 Å². The van der Waals surface area contributed by atoms with E-state index in [2.05, 4.69) is 20.8 Å². The Bertz CT molecular complexity index is 1260. The van der Waals surface area contributed by atoms with Crippen LogP contribution in [0.1, 0.15) is 27.9 Å². The topological polar surface area (TPSA) is 106 Å². The lowest BCUT2D eigenvalue weighted by molar-refractivity contribution is 0.0602. The van der Waals surface area contributed by atoms with Gasteiger partial charge in [-0.15, -0.1) is 10.2 Å². The number of hydrogen-bond acceptors (Lipinski definition) is 6. The van der Waals surface area contributed by atoms with Gasteiger partial charge in [0.1, 0.15) is 6.04 Å². The van der Waals surface area contributed by atoms with E-state index >= 15 is 0 Å². The lowest BCUT2D eigenvalue weighted by Gasteiger charge is -2.17. The van der Waals surface area contributed by atoms with E-state index in [4.69, 9.17) is 20.8 Å². The largest absolute Gasteiger partial charge is 0.465 e. The van der Waals surface area contributed by atoms with Crippen molar-refractivity contribution in [2.75, 3.05) is 12.4 Å². The SMILES string of the molecule is COC(=O)c1ccccc1NC(=O)N[C@@H](c1ccc(Cl)cc1)c1nnc(-c2ccccc2)o1. The van der Waals surface area contributed by atoms with Gasteiger partial charge in [0, 0.05) is 10.6 Å². The second-order valence-corrected chi connectivity index (χ2v) is 7.37. The molecule has 4 aromatic rings. The number of ether oxygens (including phenoxy) is 1. The molecule has 1 atom stereocenters. The van der Waals surface area contributed by atoms with Crippen molar-refractivity contribution in [3.63, 3.8) is 0 Å². The van der Waals surface area contributed by atoms with Crippen LogP contribution in [0.5, 0.6) is 0 Å². The molecule has 1 aromatic heterocycles. The number of hydrogen-bond donors (Lipinski definition) is 2. The van der Waals surface area contributed by atoms with E-state index in [-0.39, 0.29) is 11.5 Å². The maximum atomic E-state index is 12.9. The van der Waals surface area contributed by atoms with Gasteiger partial charge in [-0.1, -0.05) is 54.1 Å². The number of halogens is 1. The molecular weight excluding hydrogens is 444 g/mol. The van der Waals surface area contributed by atoms with Crippen LogP contribution in [0.25, 0.3) is 11.5 Å². The zero-order valence-electron chi connectivity index (χ0n) is 17.5. The van der Waals surface area contributed by atoms with Crippen LogP contribution in [0.2, 0.25) is 5.02 Å². The average Bonchev–Trinajstić information content (AvgIpc) is 3.34. The summed E-state index contributed by atoms with van der Waals surface area (Å²) >= 11 is 6.03. The molecule has 0 unspecified atom stereocenters. The molecule has 33 heavy (non-hydrogen) atoms. The summed E-state index contributed by atoms with van der Waals surface area (Å²) in [6.45, 7) is 0. The highest BCUT2D eigenvalue weighted by Crippen LogP contribution is 2.26. The van der Waals surface area contributed by atoms with Crippen LogP contribution in [0, 0.1) is 0 Å². The van der Waals surface area contributed by atoms with E-state index in [1.807, 2.05) is 30.3 Å². The van der Waals surface area contributed by atoms with Gasteiger partial charge in [-0.05, 0) is 42.0 Å². The molecule has 2 amide bonds. The van der Waals surface area contributed by atoms with Crippen molar-refractivity contribution in [1.29, 1.82) is 0 Å². The lowest BCUT2D eigenvalue weighted by Crippen LogP contribution is -2.34. The van der Waals surface area contributed by atoms with Crippen molar-refractivity contribution in [2.24, 2.45) is 0 Å². The highest BCUT2D eigenvalue weighted by atomic mass is 35.5. The van der Waals surface area contributed by atoms with Gasteiger partial charge < -0.3 is 19.8 Å². The number of esters is 1. The molecule has 9 heteroatoms. The Morgan fingerprint density at radius 2 is 1.64 bits per heavy atom. The predicted octanol–water partition coefficient (Wildman–Crippen LogP) is 5.09. The van der Waals surface area contributed by atoms with Gasteiger partial charge >= 0.3 is 12.0 Å². The first-order valence-electron chi connectivity index (χ1n) is 9.94. The van der Waals surface area contributed by atoms with Crippen molar-refractivity contribution in [2.45, 2.75) is 6.04 Å². The minimum Gasteiger partial charge on any atom is -0.465 e. The minimum absolute atomic E-state index is 0.188. The number of anilines is 1. The van der Waals surface area contributed by atoms with Crippen molar-refractivity contribution in [3.05, 3.63) is 101 Å². The molecule has 0 aliphatic carbocycles. The zero-order valence-corrected chi connectivity index (χ0v) is 18.2. The molecule has 0 aliphatic heterocycles. The normalized spacial score (nSPS) is 11.5. The first kappa shape index (κ1) is 22.0. The van der Waals surface area contributed by atoms with Gasteiger partial charge in [-0.25, -0.2) is 9.59 Å². The maximum absolute atomic E-state index is 12.9. The molecule has 0 radical (unpaired) electrons. The van der Waals surface area contributed by atoms with Crippen molar-refractivity contribution in [3.8, 4) is 11.5 Å². The van der Waals surface area contributed by atoms with Crippen LogP contribution in [0.3, 0.4) is 0 Å². The summed E-state index contributed by atoms with van der Waals surface area (Å²) in [6.07, 6.45) is 0. The Kier molecular flexibility index (Phi) is 6.66. The van der Waals surface area contributed by atoms with Crippen LogP contribution >= 0.6 is 11.6 Å². The number of para-hydroxylation sites is 1. The molecular formula is C24H19ClN4O4. The third kappa shape index (κ3) is 5.19. The molecule has 0 bridgehead atoms. The van der Waals surface area contributed by atoms with Gasteiger partial charge in [0.25, 0.3) is 0 Å². The molecule has 4 rings (SSSR count). The van der Waals surface area contributed by atoms with Crippen molar-refractivity contribution in [1.82, 2.24) is 15.5 Å².